The summed E-state index contributed by atoms with van der Waals surface area (Å²) in [6.07, 6.45) is 0.678. The van der Waals surface area contributed by atoms with E-state index in [-0.39, 0.29) is 11.6 Å². The standard InChI is InChI=1S/C26H26N4O3S/c1-2-33-22-16-10-9-15-21(22)27-24(31)23(20-13-7-4-8-14-20)34-26-29-28-25(32)30(26)18-17-19-11-5-3-6-12-19/h3-16,23H,2,17-18H2,1H3,(H,27,31)(H,28,32). The molecule has 0 fully saturated rings. The number of carbonyl (C=O) groups excluding carboxylic acids is 1. The molecule has 7 nitrogen and oxygen atoms in total. The minimum Gasteiger partial charge on any atom is -0.492 e. The van der Waals surface area contributed by atoms with Crippen molar-refractivity contribution in [3.8, 4) is 5.75 Å². The van der Waals surface area contributed by atoms with Crippen molar-refractivity contribution < 1.29 is 9.53 Å². The van der Waals surface area contributed by atoms with Crippen LogP contribution in [0.25, 0.3) is 0 Å². The Kier molecular flexibility index (Phi) is 7.83. The first-order valence-corrected chi connectivity index (χ1v) is 12.0. The Labute approximate surface area is 202 Å². The van der Waals surface area contributed by atoms with Crippen LogP contribution in [-0.4, -0.2) is 27.3 Å². The van der Waals surface area contributed by atoms with Crippen LogP contribution in [0, 0.1) is 0 Å². The predicted octanol–water partition coefficient (Wildman–Crippen LogP) is 4.68. The van der Waals surface area contributed by atoms with Crippen LogP contribution in [0.3, 0.4) is 0 Å². The third kappa shape index (κ3) is 5.77. The van der Waals surface area contributed by atoms with Gasteiger partial charge in [0.25, 0.3) is 0 Å². The Hall–Kier alpha value is -3.78. The highest BCUT2D eigenvalue weighted by Crippen LogP contribution is 2.36. The van der Waals surface area contributed by atoms with Gasteiger partial charge in [0.2, 0.25) is 5.91 Å². The Balaban J connectivity index is 1.59. The van der Waals surface area contributed by atoms with Gasteiger partial charge in [-0.1, -0.05) is 84.6 Å². The van der Waals surface area contributed by atoms with Crippen LogP contribution in [0.1, 0.15) is 23.3 Å². The maximum atomic E-state index is 13.5. The number of aromatic amines is 1. The van der Waals surface area contributed by atoms with E-state index in [2.05, 4.69) is 15.5 Å². The molecule has 0 saturated heterocycles. The fourth-order valence-corrected chi connectivity index (χ4v) is 4.60. The first-order valence-electron chi connectivity index (χ1n) is 11.1. The van der Waals surface area contributed by atoms with Crippen LogP contribution in [0.15, 0.2) is 94.9 Å². The fraction of sp³-hybridized carbons (Fsp3) is 0.192. The SMILES string of the molecule is CCOc1ccccc1NC(=O)C(Sc1n[nH]c(=O)n1CCc1ccccc1)c1ccccc1. The number of carbonyl (C=O) groups is 1. The van der Waals surface area contributed by atoms with Crippen LogP contribution in [0.2, 0.25) is 0 Å². The van der Waals surface area contributed by atoms with Crippen molar-refractivity contribution in [1.82, 2.24) is 14.8 Å². The van der Waals surface area contributed by atoms with Crippen molar-refractivity contribution in [2.24, 2.45) is 0 Å². The first-order chi connectivity index (χ1) is 16.7. The highest BCUT2D eigenvalue weighted by molar-refractivity contribution is 8.00. The Morgan fingerprint density at radius 1 is 1.03 bits per heavy atom. The fourth-order valence-electron chi connectivity index (χ4n) is 3.53. The first kappa shape index (κ1) is 23.4. The zero-order valence-corrected chi connectivity index (χ0v) is 19.6. The number of nitrogens with one attached hydrogen (secondary N) is 2. The molecule has 0 saturated carbocycles. The summed E-state index contributed by atoms with van der Waals surface area (Å²) < 4.78 is 7.23. The molecule has 0 aliphatic rings. The predicted molar refractivity (Wildman–Crippen MR) is 134 cm³/mol. The lowest BCUT2D eigenvalue weighted by Crippen LogP contribution is -2.22. The summed E-state index contributed by atoms with van der Waals surface area (Å²) in [6, 6.07) is 26.7. The van der Waals surface area contributed by atoms with Crippen molar-refractivity contribution in [2.75, 3.05) is 11.9 Å². The van der Waals surface area contributed by atoms with Crippen LogP contribution >= 0.6 is 11.8 Å². The lowest BCUT2D eigenvalue weighted by molar-refractivity contribution is -0.115. The number of anilines is 1. The van der Waals surface area contributed by atoms with Crippen molar-refractivity contribution in [3.63, 3.8) is 0 Å². The van der Waals surface area contributed by atoms with E-state index in [0.29, 0.717) is 36.2 Å². The van der Waals surface area contributed by atoms with E-state index in [1.54, 1.807) is 10.6 Å². The van der Waals surface area contributed by atoms with Crippen molar-refractivity contribution in [3.05, 3.63) is 107 Å². The van der Waals surface area contributed by atoms with Gasteiger partial charge in [0, 0.05) is 6.54 Å². The van der Waals surface area contributed by atoms with Gasteiger partial charge >= 0.3 is 5.69 Å². The van der Waals surface area contributed by atoms with Gasteiger partial charge in [-0.25, -0.2) is 9.89 Å². The summed E-state index contributed by atoms with van der Waals surface area (Å²) in [6.45, 7) is 2.84. The molecule has 174 valence electrons. The van der Waals surface area contributed by atoms with E-state index in [0.717, 1.165) is 11.1 Å². The van der Waals surface area contributed by atoms with Gasteiger partial charge in [0.05, 0.1) is 12.3 Å². The van der Waals surface area contributed by atoms with Gasteiger partial charge in [0.1, 0.15) is 11.0 Å². The summed E-state index contributed by atoms with van der Waals surface area (Å²) in [7, 11) is 0. The summed E-state index contributed by atoms with van der Waals surface area (Å²) >= 11 is 1.24. The second kappa shape index (κ2) is 11.4. The molecule has 0 bridgehead atoms. The molecule has 0 spiro atoms. The molecule has 4 aromatic rings. The summed E-state index contributed by atoms with van der Waals surface area (Å²) in [5.41, 5.74) is 2.23. The maximum Gasteiger partial charge on any atom is 0.343 e. The van der Waals surface area contributed by atoms with Gasteiger partial charge in [-0.2, -0.15) is 0 Å². The van der Waals surface area contributed by atoms with Gasteiger partial charge in [-0.15, -0.1) is 5.10 Å². The van der Waals surface area contributed by atoms with Crippen molar-refractivity contribution in [1.29, 1.82) is 0 Å². The van der Waals surface area contributed by atoms with Crippen LogP contribution in [-0.2, 0) is 17.8 Å². The average Bonchev–Trinajstić information content (AvgIpc) is 3.22. The molecular weight excluding hydrogens is 448 g/mol. The van der Waals surface area contributed by atoms with Crippen molar-refractivity contribution >= 4 is 23.4 Å². The number of rotatable bonds is 10. The quantitative estimate of drug-likeness (QED) is 0.326. The Morgan fingerprint density at radius 2 is 1.71 bits per heavy atom. The number of aryl methyl sites for hydroxylation is 1. The molecule has 1 amide bonds. The largest absolute Gasteiger partial charge is 0.492 e. The van der Waals surface area contributed by atoms with E-state index in [1.165, 1.54) is 11.8 Å². The molecule has 34 heavy (non-hydrogen) atoms. The molecule has 1 heterocycles. The highest BCUT2D eigenvalue weighted by Gasteiger charge is 2.26. The Morgan fingerprint density at radius 3 is 2.44 bits per heavy atom. The second-order valence-electron chi connectivity index (χ2n) is 7.53. The average molecular weight is 475 g/mol. The lowest BCUT2D eigenvalue weighted by atomic mass is 10.1. The number of hydrogen-bond donors (Lipinski definition) is 2. The smallest absolute Gasteiger partial charge is 0.343 e. The minimum atomic E-state index is -0.624. The van der Waals surface area contributed by atoms with E-state index in [4.69, 9.17) is 4.74 Å². The van der Waals surface area contributed by atoms with E-state index < -0.39 is 5.25 Å². The molecule has 1 aromatic heterocycles. The number of amides is 1. The molecular formula is C26H26N4O3S. The third-order valence-corrected chi connectivity index (χ3v) is 6.44. The minimum absolute atomic E-state index is 0.228. The second-order valence-corrected chi connectivity index (χ2v) is 8.60. The summed E-state index contributed by atoms with van der Waals surface area (Å²) in [5.74, 6) is 0.378. The summed E-state index contributed by atoms with van der Waals surface area (Å²) in [4.78, 5) is 25.9. The number of benzene rings is 3. The zero-order valence-electron chi connectivity index (χ0n) is 18.8. The van der Waals surface area contributed by atoms with Crippen molar-refractivity contribution in [2.45, 2.75) is 30.3 Å². The number of ether oxygens (including phenoxy) is 1. The molecule has 8 heteroatoms. The van der Waals surface area contributed by atoms with E-state index in [9.17, 15) is 9.59 Å². The summed E-state index contributed by atoms with van der Waals surface area (Å²) in [5, 5.41) is 9.57. The number of hydrogen-bond acceptors (Lipinski definition) is 5. The molecule has 3 aromatic carbocycles. The number of nitrogens with zero attached hydrogens (tertiary/aromatic N) is 2. The molecule has 2 N–H and O–H groups in total. The van der Waals surface area contributed by atoms with Crippen LogP contribution in [0.5, 0.6) is 5.75 Å². The molecule has 1 unspecified atom stereocenters. The zero-order chi connectivity index (χ0) is 23.8. The third-order valence-electron chi connectivity index (χ3n) is 5.20. The van der Waals surface area contributed by atoms with Gasteiger partial charge in [-0.3, -0.25) is 9.36 Å². The van der Waals surface area contributed by atoms with Crippen LogP contribution < -0.4 is 15.7 Å². The molecule has 0 aliphatic carbocycles. The molecule has 4 rings (SSSR count). The van der Waals surface area contributed by atoms with E-state index >= 15 is 0 Å². The number of H-pyrrole nitrogens is 1. The van der Waals surface area contributed by atoms with E-state index in [1.807, 2.05) is 85.8 Å². The molecule has 1 atom stereocenters. The highest BCUT2D eigenvalue weighted by atomic mass is 32.2. The number of para-hydroxylation sites is 2. The molecule has 0 aliphatic heterocycles. The monoisotopic (exact) mass is 474 g/mol. The Bertz CT molecular complexity index is 1270. The van der Waals surface area contributed by atoms with Crippen LogP contribution in [0.4, 0.5) is 5.69 Å². The van der Waals surface area contributed by atoms with Gasteiger partial charge in [0.15, 0.2) is 5.16 Å². The number of thioether (sulfide) groups is 1. The number of aromatic nitrogens is 3. The van der Waals surface area contributed by atoms with Gasteiger partial charge in [-0.05, 0) is 36.6 Å². The van der Waals surface area contributed by atoms with Gasteiger partial charge < -0.3 is 10.1 Å². The topological polar surface area (TPSA) is 89.0 Å². The lowest BCUT2D eigenvalue weighted by Gasteiger charge is -2.18. The normalized spacial score (nSPS) is 11.7. The maximum absolute atomic E-state index is 13.5. The molecule has 0 radical (unpaired) electrons.